The highest BCUT2D eigenvalue weighted by molar-refractivity contribution is 7.89. The van der Waals surface area contributed by atoms with Gasteiger partial charge >= 0.3 is 0 Å². The normalized spacial score (nSPS) is 18.8. The van der Waals surface area contributed by atoms with E-state index < -0.39 is 10.0 Å². The SMILES string of the molecule is COCCCS(=O)(=O)N1CCC(c2c[nH]c3c(CC(N)=O)cc(-c4cccc(CNCC5CCCO5)c4)cc23)CC1. The molecule has 0 saturated carbocycles. The molecule has 3 heterocycles. The Kier molecular flexibility index (Phi) is 9.77. The molecule has 0 aliphatic carbocycles. The second kappa shape index (κ2) is 13.5. The molecule has 1 unspecified atom stereocenters. The van der Waals surface area contributed by atoms with Gasteiger partial charge in [0.15, 0.2) is 0 Å². The second-order valence-corrected chi connectivity index (χ2v) is 13.3. The molecular formula is C31H42N4O5S. The van der Waals surface area contributed by atoms with Gasteiger partial charge in [0.1, 0.15) is 0 Å². The van der Waals surface area contributed by atoms with Crippen molar-refractivity contribution in [2.75, 3.05) is 45.7 Å². The van der Waals surface area contributed by atoms with Gasteiger partial charge in [0.2, 0.25) is 15.9 Å². The van der Waals surface area contributed by atoms with Crippen LogP contribution < -0.4 is 11.1 Å². The summed E-state index contributed by atoms with van der Waals surface area (Å²) in [5, 5.41) is 4.59. The van der Waals surface area contributed by atoms with E-state index in [9.17, 15) is 13.2 Å². The summed E-state index contributed by atoms with van der Waals surface area (Å²) in [5.41, 5.74) is 11.9. The average molecular weight is 583 g/mol. The lowest BCUT2D eigenvalue weighted by atomic mass is 9.88. The van der Waals surface area contributed by atoms with E-state index >= 15 is 0 Å². The molecule has 1 amide bonds. The number of sulfonamides is 1. The van der Waals surface area contributed by atoms with E-state index in [1.807, 2.05) is 6.20 Å². The summed E-state index contributed by atoms with van der Waals surface area (Å²) in [4.78, 5) is 15.4. The lowest BCUT2D eigenvalue weighted by molar-refractivity contribution is -0.117. The summed E-state index contributed by atoms with van der Waals surface area (Å²) in [7, 11) is -1.70. The fraction of sp³-hybridized carbons (Fsp3) is 0.516. The highest BCUT2D eigenvalue weighted by Gasteiger charge is 2.30. The molecule has 2 aromatic carbocycles. The zero-order chi connectivity index (χ0) is 28.8. The van der Waals surface area contributed by atoms with Crippen LogP contribution in [0.15, 0.2) is 42.6 Å². The maximum atomic E-state index is 12.8. The van der Waals surface area contributed by atoms with Gasteiger partial charge in [-0.05, 0) is 84.0 Å². The van der Waals surface area contributed by atoms with E-state index in [0.29, 0.717) is 32.2 Å². The Bertz CT molecular complexity index is 1440. The number of benzene rings is 2. The van der Waals surface area contributed by atoms with Crippen LogP contribution in [-0.4, -0.2) is 75.4 Å². The van der Waals surface area contributed by atoms with Gasteiger partial charge in [-0.25, -0.2) is 12.7 Å². The van der Waals surface area contributed by atoms with Crippen molar-refractivity contribution in [3.63, 3.8) is 0 Å². The van der Waals surface area contributed by atoms with Gasteiger partial charge in [-0.15, -0.1) is 0 Å². The maximum Gasteiger partial charge on any atom is 0.221 e. The number of primary amides is 1. The molecule has 0 radical (unpaired) electrons. The summed E-state index contributed by atoms with van der Waals surface area (Å²) in [6.07, 6.45) is 6.70. The number of hydrogen-bond donors (Lipinski definition) is 3. The Morgan fingerprint density at radius 1 is 1.17 bits per heavy atom. The molecule has 2 aliphatic heterocycles. The van der Waals surface area contributed by atoms with E-state index in [2.05, 4.69) is 46.7 Å². The summed E-state index contributed by atoms with van der Waals surface area (Å²) in [5.74, 6) is -0.0423. The van der Waals surface area contributed by atoms with Crippen LogP contribution in [0.4, 0.5) is 0 Å². The standard InChI is InChI=1S/C31H42N4O5S/c1-39-12-4-14-41(37,38)35-10-8-23(9-11-35)29-21-34-31-26(18-30(32)36)16-25(17-28(29)31)24-6-2-5-22(15-24)19-33-20-27-7-3-13-40-27/h2,5-6,15-17,21,23,27,33-34H,3-4,7-14,18-20H2,1H3,(H2,32,36). The van der Waals surface area contributed by atoms with Crippen LogP contribution in [0.3, 0.4) is 0 Å². The third kappa shape index (κ3) is 7.37. The van der Waals surface area contributed by atoms with Gasteiger partial charge in [0.25, 0.3) is 0 Å². The van der Waals surface area contributed by atoms with Gasteiger partial charge in [-0.3, -0.25) is 4.79 Å². The molecular weight excluding hydrogens is 540 g/mol. The van der Waals surface area contributed by atoms with Crippen molar-refractivity contribution in [3.05, 3.63) is 59.3 Å². The van der Waals surface area contributed by atoms with E-state index in [1.165, 1.54) is 11.1 Å². The van der Waals surface area contributed by atoms with Crippen LogP contribution in [0.2, 0.25) is 0 Å². The number of piperidine rings is 1. The molecule has 0 spiro atoms. The largest absolute Gasteiger partial charge is 0.385 e. The lowest BCUT2D eigenvalue weighted by Gasteiger charge is -2.31. The predicted octanol–water partition coefficient (Wildman–Crippen LogP) is 3.68. The molecule has 222 valence electrons. The van der Waals surface area contributed by atoms with E-state index in [-0.39, 0.29) is 24.0 Å². The number of nitrogens with two attached hydrogens (primary N) is 1. The average Bonchev–Trinajstić information content (AvgIpc) is 3.64. The zero-order valence-corrected chi connectivity index (χ0v) is 24.7. The molecule has 2 aliphatic rings. The van der Waals surface area contributed by atoms with E-state index in [1.54, 1.807) is 11.4 Å². The monoisotopic (exact) mass is 582 g/mol. The minimum atomic E-state index is -3.29. The van der Waals surface area contributed by atoms with Crippen LogP contribution in [-0.2, 0) is 37.3 Å². The molecule has 4 N–H and O–H groups in total. The van der Waals surface area contributed by atoms with Gasteiger partial charge in [-0.2, -0.15) is 0 Å². The number of rotatable bonds is 13. The van der Waals surface area contributed by atoms with E-state index in [0.717, 1.165) is 73.0 Å². The van der Waals surface area contributed by atoms with Crippen molar-refractivity contribution in [1.82, 2.24) is 14.6 Å². The number of methoxy groups -OCH3 is 1. The number of hydrogen-bond acceptors (Lipinski definition) is 6. The number of aromatic amines is 1. The Morgan fingerprint density at radius 3 is 2.73 bits per heavy atom. The predicted molar refractivity (Wildman–Crippen MR) is 161 cm³/mol. The number of nitrogens with one attached hydrogen (secondary N) is 2. The smallest absolute Gasteiger partial charge is 0.221 e. The molecule has 1 aromatic heterocycles. The number of carbonyl (C=O) groups is 1. The number of nitrogens with zero attached hydrogens (tertiary/aromatic N) is 1. The van der Waals surface area contributed by atoms with Crippen molar-refractivity contribution in [3.8, 4) is 11.1 Å². The molecule has 1 atom stereocenters. The number of carbonyl (C=O) groups excluding carboxylic acids is 1. The fourth-order valence-electron chi connectivity index (χ4n) is 6.16. The van der Waals surface area contributed by atoms with Crippen LogP contribution >= 0.6 is 0 Å². The Hall–Kier alpha value is -2.76. The third-order valence-electron chi connectivity index (χ3n) is 8.29. The van der Waals surface area contributed by atoms with Gasteiger partial charge < -0.3 is 25.5 Å². The number of aromatic nitrogens is 1. The molecule has 9 nitrogen and oxygen atoms in total. The highest BCUT2D eigenvalue weighted by atomic mass is 32.2. The quantitative estimate of drug-likeness (QED) is 0.264. The number of ether oxygens (including phenoxy) is 2. The zero-order valence-electron chi connectivity index (χ0n) is 23.9. The first kappa shape index (κ1) is 29.7. The Labute approximate surface area is 242 Å². The number of H-pyrrole nitrogens is 1. The van der Waals surface area contributed by atoms with Crippen molar-refractivity contribution in [2.24, 2.45) is 5.73 Å². The van der Waals surface area contributed by atoms with E-state index in [4.69, 9.17) is 15.2 Å². The first-order chi connectivity index (χ1) is 19.8. The molecule has 10 heteroatoms. The minimum Gasteiger partial charge on any atom is -0.385 e. The first-order valence-electron chi connectivity index (χ1n) is 14.6. The molecule has 5 rings (SSSR count). The van der Waals surface area contributed by atoms with Crippen LogP contribution in [0, 0.1) is 0 Å². The van der Waals surface area contributed by atoms with Gasteiger partial charge in [0.05, 0.1) is 18.3 Å². The summed E-state index contributed by atoms with van der Waals surface area (Å²) in [6, 6.07) is 12.7. The molecule has 2 fully saturated rings. The van der Waals surface area contributed by atoms with Crippen LogP contribution in [0.25, 0.3) is 22.0 Å². The van der Waals surface area contributed by atoms with Crippen molar-refractivity contribution >= 4 is 26.8 Å². The van der Waals surface area contributed by atoms with Crippen LogP contribution in [0.5, 0.6) is 0 Å². The number of amides is 1. The highest BCUT2D eigenvalue weighted by Crippen LogP contribution is 2.37. The van der Waals surface area contributed by atoms with Crippen molar-refractivity contribution in [2.45, 2.75) is 57.1 Å². The molecule has 3 aromatic rings. The first-order valence-corrected chi connectivity index (χ1v) is 16.3. The molecule has 2 saturated heterocycles. The van der Waals surface area contributed by atoms with Crippen LogP contribution in [0.1, 0.15) is 54.7 Å². The van der Waals surface area contributed by atoms with Crippen molar-refractivity contribution < 1.29 is 22.7 Å². The summed E-state index contributed by atoms with van der Waals surface area (Å²) >= 11 is 0. The fourth-order valence-corrected chi connectivity index (χ4v) is 7.67. The maximum absolute atomic E-state index is 12.8. The second-order valence-electron chi connectivity index (χ2n) is 11.2. The summed E-state index contributed by atoms with van der Waals surface area (Å²) in [6.45, 7) is 3.90. The van der Waals surface area contributed by atoms with Crippen molar-refractivity contribution in [1.29, 1.82) is 0 Å². The van der Waals surface area contributed by atoms with Gasteiger partial charge in [-0.1, -0.05) is 18.2 Å². The third-order valence-corrected chi connectivity index (χ3v) is 10.2. The minimum absolute atomic E-state index is 0.112. The molecule has 0 bridgehead atoms. The van der Waals surface area contributed by atoms with Gasteiger partial charge in [0, 0.05) is 63.6 Å². The Morgan fingerprint density at radius 2 is 2.00 bits per heavy atom. The lowest BCUT2D eigenvalue weighted by Crippen LogP contribution is -2.39. The number of fused-ring (bicyclic) bond motifs is 1. The topological polar surface area (TPSA) is 127 Å². The summed E-state index contributed by atoms with van der Waals surface area (Å²) < 4.78 is 37.9. The molecule has 41 heavy (non-hydrogen) atoms. The Balaban J connectivity index is 1.36.